The van der Waals surface area contributed by atoms with Gasteiger partial charge in [0.2, 0.25) is 11.8 Å². The molecule has 2 heterocycles. The third kappa shape index (κ3) is 4.51. The molecule has 0 aliphatic rings. The molecule has 1 N–H and O–H groups in total. The predicted molar refractivity (Wildman–Crippen MR) is 115 cm³/mol. The quantitative estimate of drug-likeness (QED) is 0.425. The maximum atomic E-state index is 14.3. The number of nitrogens with zero attached hydrogens (tertiary/aromatic N) is 4. The lowest BCUT2D eigenvalue weighted by Gasteiger charge is -2.11. The average Bonchev–Trinajstić information content (AvgIpc) is 2.78. The van der Waals surface area contributed by atoms with Gasteiger partial charge in [-0.3, -0.25) is 4.79 Å². The Labute approximate surface area is 182 Å². The molecule has 0 saturated carbocycles. The maximum absolute atomic E-state index is 14.3. The molecule has 2 aromatic heterocycles. The summed E-state index contributed by atoms with van der Waals surface area (Å²) in [5, 5.41) is 3.07. The van der Waals surface area contributed by atoms with Gasteiger partial charge >= 0.3 is 0 Å². The molecule has 0 spiro atoms. The Morgan fingerprint density at radius 3 is 2.53 bits per heavy atom. The number of carbonyl (C=O) groups is 1. The standard InChI is InChI=1S/C23H19F2N5O2/c1-3-32-22-20-21(29-23(30-22)27-11-14-4-7-16(24)8-5-14)26-12-19(28-20)15-6-9-17(13(2)31)18(25)10-15/h4-10,12H,3,11H2,1-2H3,(H,26,27,29,30). The molecule has 4 aromatic rings. The van der Waals surface area contributed by atoms with Crippen molar-refractivity contribution in [2.75, 3.05) is 11.9 Å². The van der Waals surface area contributed by atoms with Crippen molar-refractivity contribution in [3.05, 3.63) is 71.4 Å². The molecule has 0 fully saturated rings. The van der Waals surface area contributed by atoms with Crippen LogP contribution in [0.2, 0.25) is 0 Å². The molecule has 2 aromatic carbocycles. The first kappa shape index (κ1) is 21.2. The molecular formula is C23H19F2N5O2. The summed E-state index contributed by atoms with van der Waals surface area (Å²) in [5.74, 6) is -0.778. The van der Waals surface area contributed by atoms with Crippen molar-refractivity contribution in [2.24, 2.45) is 0 Å². The van der Waals surface area contributed by atoms with Crippen LogP contribution in [-0.4, -0.2) is 32.3 Å². The molecule has 0 radical (unpaired) electrons. The molecule has 9 heteroatoms. The van der Waals surface area contributed by atoms with Crippen LogP contribution in [0.4, 0.5) is 14.7 Å². The minimum Gasteiger partial charge on any atom is -0.476 e. The van der Waals surface area contributed by atoms with Crippen LogP contribution in [0, 0.1) is 11.6 Å². The fourth-order valence-corrected chi connectivity index (χ4v) is 3.08. The van der Waals surface area contributed by atoms with Gasteiger partial charge in [0.05, 0.1) is 24.1 Å². The largest absolute Gasteiger partial charge is 0.476 e. The van der Waals surface area contributed by atoms with Gasteiger partial charge in [0.15, 0.2) is 16.9 Å². The Bertz CT molecular complexity index is 1300. The zero-order chi connectivity index (χ0) is 22.7. The zero-order valence-electron chi connectivity index (χ0n) is 17.4. The Hall–Kier alpha value is -4.01. The van der Waals surface area contributed by atoms with E-state index in [9.17, 15) is 13.6 Å². The van der Waals surface area contributed by atoms with E-state index in [-0.39, 0.29) is 29.0 Å². The van der Waals surface area contributed by atoms with Gasteiger partial charge in [-0.25, -0.2) is 18.7 Å². The number of nitrogens with one attached hydrogen (secondary N) is 1. The monoisotopic (exact) mass is 435 g/mol. The van der Waals surface area contributed by atoms with Gasteiger partial charge < -0.3 is 10.1 Å². The molecule has 0 bridgehead atoms. The van der Waals surface area contributed by atoms with E-state index in [2.05, 4.69) is 25.3 Å². The number of carbonyl (C=O) groups excluding carboxylic acids is 1. The van der Waals surface area contributed by atoms with Gasteiger partial charge in [0.25, 0.3) is 0 Å². The smallest absolute Gasteiger partial charge is 0.247 e. The average molecular weight is 435 g/mol. The molecule has 32 heavy (non-hydrogen) atoms. The third-order valence-corrected chi connectivity index (χ3v) is 4.66. The molecule has 0 aliphatic carbocycles. The minimum absolute atomic E-state index is 0.0118. The van der Waals surface area contributed by atoms with Crippen LogP contribution in [0.25, 0.3) is 22.4 Å². The van der Waals surface area contributed by atoms with E-state index in [1.54, 1.807) is 18.2 Å². The molecule has 7 nitrogen and oxygen atoms in total. The number of fused-ring (bicyclic) bond motifs is 1. The number of hydrogen-bond donors (Lipinski definition) is 1. The summed E-state index contributed by atoms with van der Waals surface area (Å²) in [6.07, 6.45) is 1.47. The normalized spacial score (nSPS) is 10.9. The van der Waals surface area contributed by atoms with Crippen LogP contribution in [0.1, 0.15) is 29.8 Å². The Morgan fingerprint density at radius 1 is 1.06 bits per heavy atom. The molecule has 0 saturated heterocycles. The summed E-state index contributed by atoms with van der Waals surface area (Å²) >= 11 is 0. The van der Waals surface area contributed by atoms with Crippen molar-refractivity contribution < 1.29 is 18.3 Å². The van der Waals surface area contributed by atoms with Gasteiger partial charge in [-0.05, 0) is 43.7 Å². The first-order chi connectivity index (χ1) is 15.4. The summed E-state index contributed by atoms with van der Waals surface area (Å²) in [5.41, 5.74) is 2.34. The highest BCUT2D eigenvalue weighted by atomic mass is 19.1. The fraction of sp³-hybridized carbons (Fsp3) is 0.174. The molecule has 162 valence electrons. The number of hydrogen-bond acceptors (Lipinski definition) is 7. The lowest BCUT2D eigenvalue weighted by Crippen LogP contribution is -2.07. The van der Waals surface area contributed by atoms with Crippen molar-refractivity contribution in [3.63, 3.8) is 0 Å². The van der Waals surface area contributed by atoms with Crippen LogP contribution in [0.5, 0.6) is 5.88 Å². The second-order valence-corrected chi connectivity index (χ2v) is 6.94. The van der Waals surface area contributed by atoms with E-state index in [0.29, 0.717) is 35.6 Å². The molecular weight excluding hydrogens is 416 g/mol. The highest BCUT2D eigenvalue weighted by molar-refractivity contribution is 5.94. The maximum Gasteiger partial charge on any atom is 0.247 e. The van der Waals surface area contributed by atoms with Crippen LogP contribution < -0.4 is 10.1 Å². The molecule has 0 atom stereocenters. The summed E-state index contributed by atoms with van der Waals surface area (Å²) in [6.45, 7) is 3.84. The highest BCUT2D eigenvalue weighted by Crippen LogP contribution is 2.26. The van der Waals surface area contributed by atoms with E-state index in [1.807, 2.05) is 6.92 Å². The third-order valence-electron chi connectivity index (χ3n) is 4.66. The van der Waals surface area contributed by atoms with E-state index in [4.69, 9.17) is 4.74 Å². The number of Topliss-reactive ketones (excluding diaryl/α,β-unsaturated/α-hetero) is 1. The summed E-state index contributed by atoms with van der Waals surface area (Å²) in [4.78, 5) is 29.1. The van der Waals surface area contributed by atoms with Crippen LogP contribution >= 0.6 is 0 Å². The van der Waals surface area contributed by atoms with Gasteiger partial charge in [0, 0.05) is 12.1 Å². The van der Waals surface area contributed by atoms with Crippen LogP contribution in [0.3, 0.4) is 0 Å². The number of rotatable bonds is 7. The first-order valence-corrected chi connectivity index (χ1v) is 9.91. The number of aromatic nitrogens is 4. The van der Waals surface area contributed by atoms with E-state index in [1.165, 1.54) is 37.4 Å². The highest BCUT2D eigenvalue weighted by Gasteiger charge is 2.15. The second kappa shape index (κ2) is 9.01. The SMILES string of the molecule is CCOc1nc(NCc2ccc(F)cc2)nc2ncc(-c3ccc(C(C)=O)c(F)c3)nc12. The van der Waals surface area contributed by atoms with Crippen molar-refractivity contribution in [2.45, 2.75) is 20.4 Å². The van der Waals surface area contributed by atoms with E-state index in [0.717, 1.165) is 5.56 Å². The molecule has 0 amide bonds. The lowest BCUT2D eigenvalue weighted by atomic mass is 10.1. The van der Waals surface area contributed by atoms with Crippen LogP contribution in [-0.2, 0) is 6.54 Å². The lowest BCUT2D eigenvalue weighted by molar-refractivity contribution is 0.101. The summed E-state index contributed by atoms with van der Waals surface area (Å²) in [7, 11) is 0. The Kier molecular flexibility index (Phi) is 5.98. The van der Waals surface area contributed by atoms with Crippen molar-refractivity contribution in [1.29, 1.82) is 0 Å². The van der Waals surface area contributed by atoms with Crippen LogP contribution in [0.15, 0.2) is 48.7 Å². The number of benzene rings is 2. The first-order valence-electron chi connectivity index (χ1n) is 9.91. The second-order valence-electron chi connectivity index (χ2n) is 6.94. The van der Waals surface area contributed by atoms with Crippen molar-refractivity contribution >= 4 is 22.9 Å². The van der Waals surface area contributed by atoms with E-state index >= 15 is 0 Å². The summed E-state index contributed by atoms with van der Waals surface area (Å²) < 4.78 is 33.0. The van der Waals surface area contributed by atoms with Gasteiger partial charge in [-0.2, -0.15) is 9.97 Å². The predicted octanol–water partition coefficient (Wildman–Crippen LogP) is 4.58. The molecule has 4 rings (SSSR count). The number of halogens is 2. The zero-order valence-corrected chi connectivity index (χ0v) is 17.4. The number of ether oxygens (including phenoxy) is 1. The molecule has 0 aliphatic heterocycles. The van der Waals surface area contributed by atoms with Gasteiger partial charge in [-0.1, -0.05) is 18.2 Å². The Balaban J connectivity index is 1.67. The van der Waals surface area contributed by atoms with Crippen molar-refractivity contribution in [1.82, 2.24) is 19.9 Å². The Morgan fingerprint density at radius 2 is 1.84 bits per heavy atom. The molecule has 0 unspecified atom stereocenters. The number of anilines is 1. The van der Waals surface area contributed by atoms with Crippen molar-refractivity contribution in [3.8, 4) is 17.1 Å². The summed E-state index contributed by atoms with van der Waals surface area (Å²) in [6, 6.07) is 10.3. The van der Waals surface area contributed by atoms with E-state index < -0.39 is 5.82 Å². The fourth-order valence-electron chi connectivity index (χ4n) is 3.08. The topological polar surface area (TPSA) is 89.9 Å². The van der Waals surface area contributed by atoms with Gasteiger partial charge in [0.1, 0.15) is 11.6 Å². The van der Waals surface area contributed by atoms with Gasteiger partial charge in [-0.15, -0.1) is 0 Å². The minimum atomic E-state index is -0.626. The number of ketones is 1.